The largest absolute Gasteiger partial charge is 0.338 e. The van der Waals surface area contributed by atoms with Crippen molar-refractivity contribution in [1.29, 1.82) is 0 Å². The molecule has 0 N–H and O–H groups in total. The summed E-state index contributed by atoms with van der Waals surface area (Å²) in [5, 5.41) is 0. The number of hydrogen-bond donors (Lipinski definition) is 0. The van der Waals surface area contributed by atoms with Gasteiger partial charge in [0.2, 0.25) is 5.91 Å². The van der Waals surface area contributed by atoms with Crippen LogP contribution in [0.2, 0.25) is 0 Å². The molecule has 2 heterocycles. The van der Waals surface area contributed by atoms with Crippen LogP contribution in [0.15, 0.2) is 0 Å². The summed E-state index contributed by atoms with van der Waals surface area (Å²) in [5.41, 5.74) is 0. The molecule has 0 aromatic rings. The van der Waals surface area contributed by atoms with Crippen LogP contribution in [0.25, 0.3) is 0 Å². The monoisotopic (exact) mass is 264 g/mol. The average molecular weight is 264 g/mol. The highest BCUT2D eigenvalue weighted by atomic mass is 16.2. The van der Waals surface area contributed by atoms with E-state index in [0.29, 0.717) is 23.9 Å². The van der Waals surface area contributed by atoms with Crippen molar-refractivity contribution >= 4 is 5.91 Å². The first kappa shape index (κ1) is 13.4. The molecule has 3 fully saturated rings. The van der Waals surface area contributed by atoms with E-state index >= 15 is 0 Å². The highest BCUT2D eigenvalue weighted by Crippen LogP contribution is 2.33. The van der Waals surface area contributed by atoms with Crippen molar-refractivity contribution in [3.8, 4) is 0 Å². The van der Waals surface area contributed by atoms with Crippen molar-refractivity contribution in [2.24, 2.45) is 5.92 Å². The van der Waals surface area contributed by atoms with Gasteiger partial charge in [0.15, 0.2) is 0 Å². The van der Waals surface area contributed by atoms with Crippen LogP contribution in [0.1, 0.15) is 57.8 Å². The Bertz CT molecular complexity index is 325. The van der Waals surface area contributed by atoms with Gasteiger partial charge in [-0.1, -0.05) is 19.3 Å². The van der Waals surface area contributed by atoms with Gasteiger partial charge in [0.05, 0.1) is 0 Å². The third-order valence-electron chi connectivity index (χ3n) is 5.56. The van der Waals surface area contributed by atoms with Gasteiger partial charge in [-0.3, -0.25) is 4.79 Å². The fraction of sp³-hybridized carbons (Fsp3) is 0.938. The fourth-order valence-electron chi connectivity index (χ4n) is 4.47. The van der Waals surface area contributed by atoms with Crippen molar-refractivity contribution in [2.45, 2.75) is 69.9 Å². The third-order valence-corrected chi connectivity index (χ3v) is 5.56. The number of likely N-dealkylation sites (tertiary alicyclic amines) is 2. The average Bonchev–Trinajstić information content (AvgIpc) is 3.07. The lowest BCUT2D eigenvalue weighted by Crippen LogP contribution is -2.49. The zero-order valence-electron chi connectivity index (χ0n) is 12.3. The lowest BCUT2D eigenvalue weighted by Gasteiger charge is -2.36. The summed E-state index contributed by atoms with van der Waals surface area (Å²) in [4.78, 5) is 17.5. The van der Waals surface area contributed by atoms with Gasteiger partial charge in [0, 0.05) is 24.5 Å². The predicted octanol–water partition coefficient (Wildman–Crippen LogP) is 2.65. The zero-order chi connectivity index (χ0) is 13.2. The Morgan fingerprint density at radius 3 is 2.21 bits per heavy atom. The van der Waals surface area contributed by atoms with Crippen LogP contribution in [0.3, 0.4) is 0 Å². The maximum absolute atomic E-state index is 12.8. The minimum absolute atomic E-state index is 0.348. The summed E-state index contributed by atoms with van der Waals surface area (Å²) < 4.78 is 0. The minimum Gasteiger partial charge on any atom is -0.338 e. The normalized spacial score (nSPS) is 34.1. The van der Waals surface area contributed by atoms with Crippen LogP contribution in [-0.4, -0.2) is 47.9 Å². The predicted molar refractivity (Wildman–Crippen MR) is 77.0 cm³/mol. The molecule has 0 bridgehead atoms. The molecule has 1 amide bonds. The molecule has 2 atom stereocenters. The van der Waals surface area contributed by atoms with E-state index in [9.17, 15) is 4.79 Å². The molecule has 3 aliphatic rings. The van der Waals surface area contributed by atoms with Crippen molar-refractivity contribution in [3.05, 3.63) is 0 Å². The van der Waals surface area contributed by atoms with Gasteiger partial charge >= 0.3 is 0 Å². The summed E-state index contributed by atoms with van der Waals surface area (Å²) in [5.74, 6) is 0.837. The summed E-state index contributed by atoms with van der Waals surface area (Å²) in [7, 11) is 2.24. The lowest BCUT2D eigenvalue weighted by atomic mass is 9.88. The number of hydrogen-bond acceptors (Lipinski definition) is 2. The van der Waals surface area contributed by atoms with Crippen LogP contribution >= 0.6 is 0 Å². The van der Waals surface area contributed by atoms with Crippen molar-refractivity contribution in [3.63, 3.8) is 0 Å². The van der Waals surface area contributed by atoms with Gasteiger partial charge in [0.1, 0.15) is 0 Å². The summed E-state index contributed by atoms with van der Waals surface area (Å²) in [6, 6.07) is 1.15. The van der Waals surface area contributed by atoms with Crippen molar-refractivity contribution < 1.29 is 4.79 Å². The number of rotatable bonds is 2. The highest BCUT2D eigenvalue weighted by Gasteiger charge is 2.40. The van der Waals surface area contributed by atoms with E-state index in [1.54, 1.807) is 0 Å². The van der Waals surface area contributed by atoms with Gasteiger partial charge in [-0.25, -0.2) is 0 Å². The van der Waals surface area contributed by atoms with Crippen LogP contribution in [0, 0.1) is 5.92 Å². The van der Waals surface area contributed by atoms with Crippen LogP contribution in [-0.2, 0) is 4.79 Å². The molecule has 19 heavy (non-hydrogen) atoms. The van der Waals surface area contributed by atoms with Gasteiger partial charge < -0.3 is 9.80 Å². The van der Waals surface area contributed by atoms with Crippen LogP contribution in [0.4, 0.5) is 0 Å². The van der Waals surface area contributed by atoms with E-state index in [2.05, 4.69) is 16.8 Å². The quantitative estimate of drug-likeness (QED) is 0.765. The number of carbonyl (C=O) groups excluding carboxylic acids is 1. The first-order valence-corrected chi connectivity index (χ1v) is 8.28. The molecule has 0 radical (unpaired) electrons. The molecule has 3 nitrogen and oxygen atoms in total. The Labute approximate surface area is 117 Å². The van der Waals surface area contributed by atoms with Gasteiger partial charge in [-0.15, -0.1) is 0 Å². The zero-order valence-corrected chi connectivity index (χ0v) is 12.3. The van der Waals surface area contributed by atoms with Crippen LogP contribution < -0.4 is 0 Å². The lowest BCUT2D eigenvalue weighted by molar-refractivity contribution is -0.138. The summed E-state index contributed by atoms with van der Waals surface area (Å²) in [6.45, 7) is 2.23. The van der Waals surface area contributed by atoms with Crippen molar-refractivity contribution in [2.75, 3.05) is 20.1 Å². The van der Waals surface area contributed by atoms with Crippen molar-refractivity contribution in [1.82, 2.24) is 9.80 Å². The first-order valence-electron chi connectivity index (χ1n) is 8.28. The Balaban J connectivity index is 1.66. The molecule has 2 aliphatic heterocycles. The molecular formula is C16H28N2O. The second-order valence-electron chi connectivity index (χ2n) is 6.77. The molecule has 108 valence electrons. The highest BCUT2D eigenvalue weighted by molar-refractivity contribution is 5.79. The molecule has 0 spiro atoms. The van der Waals surface area contributed by atoms with Gasteiger partial charge in [-0.05, 0) is 52.1 Å². The molecule has 3 heteroatoms. The molecule has 0 aromatic carbocycles. The molecule has 3 rings (SSSR count). The third kappa shape index (κ3) is 2.67. The van der Waals surface area contributed by atoms with E-state index in [-0.39, 0.29) is 0 Å². The number of amides is 1. The Hall–Kier alpha value is -0.570. The number of likely N-dealkylation sites (N-methyl/N-ethyl adjacent to an activating group) is 1. The van der Waals surface area contributed by atoms with Crippen LogP contribution in [0.5, 0.6) is 0 Å². The van der Waals surface area contributed by atoms with Gasteiger partial charge in [0.25, 0.3) is 0 Å². The van der Waals surface area contributed by atoms with E-state index in [1.165, 1.54) is 51.5 Å². The topological polar surface area (TPSA) is 23.6 Å². The SMILES string of the molecule is CN1CCC[C@H]1[C@@H]1CCCN1C(=O)C1CCCCC1. The minimum atomic E-state index is 0.348. The molecule has 0 unspecified atom stereocenters. The molecule has 1 saturated carbocycles. The van der Waals surface area contributed by atoms with Gasteiger partial charge in [-0.2, -0.15) is 0 Å². The van der Waals surface area contributed by atoms with E-state index in [4.69, 9.17) is 0 Å². The Morgan fingerprint density at radius 1 is 0.842 bits per heavy atom. The first-order chi connectivity index (χ1) is 9.27. The molecule has 1 aliphatic carbocycles. The molecule has 2 saturated heterocycles. The maximum atomic E-state index is 12.8. The molecule has 0 aromatic heterocycles. The van der Waals surface area contributed by atoms with E-state index in [1.807, 2.05) is 0 Å². The second kappa shape index (κ2) is 5.82. The number of carbonyl (C=O) groups is 1. The van der Waals surface area contributed by atoms with E-state index in [0.717, 1.165) is 19.4 Å². The standard InChI is InChI=1S/C16H28N2O/c1-17-11-5-9-14(17)15-10-6-12-18(15)16(19)13-7-3-2-4-8-13/h13-15H,2-12H2,1H3/t14-,15-/m0/s1. The second-order valence-corrected chi connectivity index (χ2v) is 6.77. The molecular weight excluding hydrogens is 236 g/mol. The Morgan fingerprint density at radius 2 is 1.53 bits per heavy atom. The summed E-state index contributed by atoms with van der Waals surface area (Å²) in [6.07, 6.45) is 11.2. The maximum Gasteiger partial charge on any atom is 0.225 e. The van der Waals surface area contributed by atoms with E-state index < -0.39 is 0 Å². The summed E-state index contributed by atoms with van der Waals surface area (Å²) >= 11 is 0. The number of nitrogens with zero attached hydrogens (tertiary/aromatic N) is 2. The fourth-order valence-corrected chi connectivity index (χ4v) is 4.47. The smallest absolute Gasteiger partial charge is 0.225 e. The Kier molecular flexibility index (Phi) is 4.11.